The fourth-order valence-corrected chi connectivity index (χ4v) is 5.35. The van der Waals surface area contributed by atoms with Gasteiger partial charge in [-0.25, -0.2) is 0 Å². The minimum absolute atomic E-state index is 0.0898. The fraction of sp³-hybridized carbons (Fsp3) is 0.400. The van der Waals surface area contributed by atoms with E-state index in [9.17, 15) is 0 Å². The lowest BCUT2D eigenvalue weighted by atomic mass is 9.92. The highest BCUT2D eigenvalue weighted by molar-refractivity contribution is 5.16. The monoisotopic (exact) mass is 473 g/mol. The quantitative estimate of drug-likeness (QED) is 0.421. The lowest BCUT2D eigenvalue weighted by molar-refractivity contribution is -0.198. The summed E-state index contributed by atoms with van der Waals surface area (Å²) in [7, 11) is 1.79. The van der Waals surface area contributed by atoms with E-state index >= 15 is 0 Å². The zero-order valence-electron chi connectivity index (χ0n) is 20.4. The summed E-state index contributed by atoms with van der Waals surface area (Å²) >= 11 is 0. The van der Waals surface area contributed by atoms with Crippen LogP contribution in [0.3, 0.4) is 0 Å². The number of hydrogen-bond acceptors (Lipinski definition) is 5. The van der Waals surface area contributed by atoms with Gasteiger partial charge in [0.2, 0.25) is 0 Å². The molecule has 0 bridgehead atoms. The van der Waals surface area contributed by atoms with Gasteiger partial charge >= 0.3 is 0 Å². The summed E-state index contributed by atoms with van der Waals surface area (Å²) in [6.45, 7) is 3.47. The van der Waals surface area contributed by atoms with Gasteiger partial charge in [-0.3, -0.25) is 4.90 Å². The van der Waals surface area contributed by atoms with Gasteiger partial charge in [-0.15, -0.1) is 0 Å². The largest absolute Gasteiger partial charge is 0.377 e. The Morgan fingerprint density at radius 2 is 1.11 bits per heavy atom. The molecule has 0 radical (unpaired) electrons. The Bertz CT molecular complexity index is 1020. The SMILES string of the molecule is CO[C@H]1[C@H](OCc2ccccc2)[C@@H](OCc2ccccc2)CN2CC[C@H](OCc3ccccc3)[C@H]12. The van der Waals surface area contributed by atoms with Crippen LogP contribution in [0, 0.1) is 0 Å². The molecule has 2 saturated heterocycles. The normalized spacial score (nSPS) is 26.5. The van der Waals surface area contributed by atoms with Crippen LogP contribution in [0.2, 0.25) is 0 Å². The standard InChI is InChI=1S/C30H35NO4/c1-32-30-28-26(33-20-23-11-5-2-6-12-23)17-18-31(28)19-27(34-21-24-13-7-3-8-14-24)29(30)35-22-25-15-9-4-10-16-25/h2-16,26-30H,17-22H2,1H3/t26-,27-,28+,29+,30+/m0/s1. The highest BCUT2D eigenvalue weighted by Crippen LogP contribution is 2.35. The van der Waals surface area contributed by atoms with Gasteiger partial charge in [0, 0.05) is 20.2 Å². The third kappa shape index (κ3) is 6.00. The molecular formula is C30H35NO4. The number of ether oxygens (including phenoxy) is 4. The summed E-state index contributed by atoms with van der Waals surface area (Å²) in [6.07, 6.45) is 0.655. The first kappa shape index (κ1) is 24.2. The molecule has 0 unspecified atom stereocenters. The molecule has 5 rings (SSSR count). The van der Waals surface area contributed by atoms with Gasteiger partial charge in [-0.05, 0) is 23.1 Å². The molecular weight excluding hydrogens is 438 g/mol. The van der Waals surface area contributed by atoms with Crippen LogP contribution < -0.4 is 0 Å². The number of benzene rings is 3. The van der Waals surface area contributed by atoms with E-state index in [-0.39, 0.29) is 30.5 Å². The summed E-state index contributed by atoms with van der Waals surface area (Å²) < 4.78 is 25.6. The van der Waals surface area contributed by atoms with Crippen molar-refractivity contribution < 1.29 is 18.9 Å². The van der Waals surface area contributed by atoms with Gasteiger partial charge in [-0.1, -0.05) is 91.0 Å². The first-order chi connectivity index (χ1) is 17.3. The van der Waals surface area contributed by atoms with E-state index in [4.69, 9.17) is 18.9 Å². The van der Waals surface area contributed by atoms with Gasteiger partial charge in [0.05, 0.1) is 38.1 Å². The predicted octanol–water partition coefficient (Wildman–Crippen LogP) is 4.85. The molecule has 3 aromatic rings. The average Bonchev–Trinajstić information content (AvgIpc) is 3.33. The van der Waals surface area contributed by atoms with Crippen LogP contribution in [0.1, 0.15) is 23.1 Å². The van der Waals surface area contributed by atoms with Crippen LogP contribution in [-0.2, 0) is 38.8 Å². The minimum Gasteiger partial charge on any atom is -0.377 e. The molecule has 0 saturated carbocycles. The molecule has 0 N–H and O–H groups in total. The molecule has 35 heavy (non-hydrogen) atoms. The van der Waals surface area contributed by atoms with Gasteiger partial charge in [0.1, 0.15) is 12.2 Å². The van der Waals surface area contributed by atoms with Crippen molar-refractivity contribution >= 4 is 0 Å². The molecule has 2 aliphatic rings. The lowest BCUT2D eigenvalue weighted by Gasteiger charge is -2.46. The van der Waals surface area contributed by atoms with E-state index in [1.54, 1.807) is 7.11 Å². The maximum absolute atomic E-state index is 6.56. The first-order valence-corrected chi connectivity index (χ1v) is 12.6. The van der Waals surface area contributed by atoms with Crippen molar-refractivity contribution in [2.75, 3.05) is 20.2 Å². The number of rotatable bonds is 10. The molecule has 5 nitrogen and oxygen atoms in total. The van der Waals surface area contributed by atoms with Gasteiger partial charge in [0.15, 0.2) is 0 Å². The maximum Gasteiger partial charge on any atom is 0.113 e. The third-order valence-electron chi connectivity index (χ3n) is 7.12. The third-order valence-corrected chi connectivity index (χ3v) is 7.12. The Morgan fingerprint density at radius 3 is 1.63 bits per heavy atom. The van der Waals surface area contributed by atoms with Crippen LogP contribution in [0.5, 0.6) is 0 Å². The molecule has 184 valence electrons. The average molecular weight is 474 g/mol. The second-order valence-electron chi connectivity index (χ2n) is 9.41. The van der Waals surface area contributed by atoms with E-state index in [0.29, 0.717) is 19.8 Å². The van der Waals surface area contributed by atoms with Gasteiger partial charge < -0.3 is 18.9 Å². The smallest absolute Gasteiger partial charge is 0.113 e. The Kier molecular flexibility index (Phi) is 8.24. The minimum atomic E-state index is -0.189. The zero-order chi connectivity index (χ0) is 23.9. The van der Waals surface area contributed by atoms with Crippen LogP contribution >= 0.6 is 0 Å². The fourth-order valence-electron chi connectivity index (χ4n) is 5.35. The highest BCUT2D eigenvalue weighted by atomic mass is 16.6. The van der Waals surface area contributed by atoms with Crippen molar-refractivity contribution in [3.05, 3.63) is 108 Å². The lowest BCUT2D eigenvalue weighted by Crippen LogP contribution is -2.63. The van der Waals surface area contributed by atoms with Crippen molar-refractivity contribution in [3.8, 4) is 0 Å². The maximum atomic E-state index is 6.56. The molecule has 2 fully saturated rings. The number of methoxy groups -OCH3 is 1. The van der Waals surface area contributed by atoms with E-state index in [0.717, 1.165) is 30.6 Å². The highest BCUT2D eigenvalue weighted by Gasteiger charge is 2.51. The van der Waals surface area contributed by atoms with Crippen LogP contribution in [0.15, 0.2) is 91.0 Å². The van der Waals surface area contributed by atoms with E-state index in [1.807, 2.05) is 42.5 Å². The molecule has 2 aliphatic heterocycles. The van der Waals surface area contributed by atoms with Crippen molar-refractivity contribution in [1.29, 1.82) is 0 Å². The van der Waals surface area contributed by atoms with Crippen molar-refractivity contribution in [2.24, 2.45) is 0 Å². The number of fused-ring (bicyclic) bond motifs is 1. The van der Waals surface area contributed by atoms with E-state index in [1.165, 1.54) is 5.56 Å². The van der Waals surface area contributed by atoms with E-state index < -0.39 is 0 Å². The first-order valence-electron chi connectivity index (χ1n) is 12.6. The number of nitrogens with zero attached hydrogens (tertiary/aromatic N) is 1. The van der Waals surface area contributed by atoms with Gasteiger partial charge in [0.25, 0.3) is 0 Å². The molecule has 0 aromatic heterocycles. The zero-order valence-corrected chi connectivity index (χ0v) is 20.4. The topological polar surface area (TPSA) is 40.2 Å². The van der Waals surface area contributed by atoms with Crippen LogP contribution in [-0.4, -0.2) is 55.6 Å². The second kappa shape index (κ2) is 11.9. The summed E-state index contributed by atoms with van der Waals surface area (Å²) in [4.78, 5) is 2.47. The summed E-state index contributed by atoms with van der Waals surface area (Å²) in [5.74, 6) is 0. The Labute approximate surface area is 208 Å². The Hall–Kier alpha value is -2.54. The van der Waals surface area contributed by atoms with Crippen LogP contribution in [0.4, 0.5) is 0 Å². The van der Waals surface area contributed by atoms with Gasteiger partial charge in [-0.2, -0.15) is 0 Å². The molecule has 3 aromatic carbocycles. The van der Waals surface area contributed by atoms with Crippen molar-refractivity contribution in [1.82, 2.24) is 4.90 Å². The van der Waals surface area contributed by atoms with Crippen LogP contribution in [0.25, 0.3) is 0 Å². The van der Waals surface area contributed by atoms with Crippen molar-refractivity contribution in [2.45, 2.75) is 56.7 Å². The summed E-state index contributed by atoms with van der Waals surface area (Å²) in [5, 5.41) is 0. The number of hydrogen-bond donors (Lipinski definition) is 0. The molecule has 0 spiro atoms. The molecule has 0 aliphatic carbocycles. The Morgan fingerprint density at radius 1 is 0.629 bits per heavy atom. The molecule has 2 heterocycles. The second-order valence-corrected chi connectivity index (χ2v) is 9.41. The summed E-state index contributed by atoms with van der Waals surface area (Å²) in [6, 6.07) is 31.1. The molecule has 5 heteroatoms. The predicted molar refractivity (Wildman–Crippen MR) is 136 cm³/mol. The number of piperidine rings is 1. The molecule has 0 amide bonds. The Balaban J connectivity index is 1.31. The summed E-state index contributed by atoms with van der Waals surface area (Å²) in [5.41, 5.74) is 3.50. The van der Waals surface area contributed by atoms with E-state index in [2.05, 4.69) is 53.4 Å². The molecule has 5 atom stereocenters. The van der Waals surface area contributed by atoms with Crippen molar-refractivity contribution in [3.63, 3.8) is 0 Å².